The van der Waals surface area contributed by atoms with Gasteiger partial charge in [0.25, 0.3) is 0 Å². The maximum Gasteiger partial charge on any atom is 0.216 e. The van der Waals surface area contributed by atoms with Gasteiger partial charge in [-0.25, -0.2) is 0 Å². The van der Waals surface area contributed by atoms with E-state index in [4.69, 9.17) is 5.73 Å². The lowest BCUT2D eigenvalue weighted by Crippen LogP contribution is -2.38. The second-order valence-electron chi connectivity index (χ2n) is 5.47. The molecule has 1 fully saturated rings. The molecule has 1 amide bonds. The first kappa shape index (κ1) is 14.9. The molecule has 110 valence electrons. The van der Waals surface area contributed by atoms with Crippen molar-refractivity contribution in [2.75, 3.05) is 19.6 Å². The Kier molecular flexibility index (Phi) is 5.49. The molecular weight excluding hydrogens is 252 g/mol. The SMILES string of the molecule is CC(=O)NCC1CCN(Cc2cccnc2CN)CC1. The molecule has 0 bridgehead atoms. The van der Waals surface area contributed by atoms with Gasteiger partial charge < -0.3 is 11.1 Å². The van der Waals surface area contributed by atoms with Crippen molar-refractivity contribution in [2.45, 2.75) is 32.9 Å². The van der Waals surface area contributed by atoms with E-state index in [1.54, 1.807) is 13.1 Å². The Labute approximate surface area is 120 Å². The largest absolute Gasteiger partial charge is 0.356 e. The number of likely N-dealkylation sites (tertiary alicyclic amines) is 1. The van der Waals surface area contributed by atoms with Gasteiger partial charge in [-0.05, 0) is 43.5 Å². The average Bonchev–Trinajstić information content (AvgIpc) is 2.47. The molecule has 1 aromatic heterocycles. The Bertz CT molecular complexity index is 441. The summed E-state index contributed by atoms with van der Waals surface area (Å²) in [5, 5.41) is 2.91. The van der Waals surface area contributed by atoms with E-state index in [0.29, 0.717) is 12.5 Å². The van der Waals surface area contributed by atoms with Gasteiger partial charge >= 0.3 is 0 Å². The highest BCUT2D eigenvalue weighted by Gasteiger charge is 2.20. The summed E-state index contributed by atoms with van der Waals surface area (Å²) in [5.74, 6) is 0.674. The van der Waals surface area contributed by atoms with E-state index in [9.17, 15) is 4.79 Å². The van der Waals surface area contributed by atoms with Crippen molar-refractivity contribution in [3.63, 3.8) is 0 Å². The van der Waals surface area contributed by atoms with Crippen molar-refractivity contribution < 1.29 is 4.79 Å². The Morgan fingerprint density at radius 2 is 2.25 bits per heavy atom. The van der Waals surface area contributed by atoms with Gasteiger partial charge in [-0.3, -0.25) is 14.7 Å². The Balaban J connectivity index is 1.81. The molecule has 5 heteroatoms. The van der Waals surface area contributed by atoms with Gasteiger partial charge in [0.15, 0.2) is 0 Å². The van der Waals surface area contributed by atoms with Crippen LogP contribution in [-0.2, 0) is 17.9 Å². The van der Waals surface area contributed by atoms with Gasteiger partial charge in [0, 0.05) is 32.8 Å². The number of rotatable bonds is 5. The molecule has 0 spiro atoms. The van der Waals surface area contributed by atoms with Crippen LogP contribution >= 0.6 is 0 Å². The average molecular weight is 276 g/mol. The van der Waals surface area contributed by atoms with E-state index in [-0.39, 0.29) is 5.91 Å². The number of carbonyl (C=O) groups excluding carboxylic acids is 1. The quantitative estimate of drug-likeness (QED) is 0.838. The molecule has 1 aliphatic heterocycles. The van der Waals surface area contributed by atoms with Crippen LogP contribution in [0.15, 0.2) is 18.3 Å². The number of hydrogen-bond donors (Lipinski definition) is 2. The molecule has 0 aromatic carbocycles. The summed E-state index contributed by atoms with van der Waals surface area (Å²) in [7, 11) is 0. The van der Waals surface area contributed by atoms with E-state index >= 15 is 0 Å². The zero-order valence-corrected chi connectivity index (χ0v) is 12.1. The molecule has 0 saturated carbocycles. The number of nitrogens with one attached hydrogen (secondary N) is 1. The fourth-order valence-corrected chi connectivity index (χ4v) is 2.68. The summed E-state index contributed by atoms with van der Waals surface area (Å²) in [6.07, 6.45) is 4.07. The maximum atomic E-state index is 10.9. The minimum atomic E-state index is 0.0652. The molecule has 0 radical (unpaired) electrons. The topological polar surface area (TPSA) is 71.2 Å². The molecule has 0 aliphatic carbocycles. The van der Waals surface area contributed by atoms with Gasteiger partial charge in [-0.1, -0.05) is 6.07 Å². The summed E-state index contributed by atoms with van der Waals surface area (Å²) in [4.78, 5) is 17.7. The number of hydrogen-bond acceptors (Lipinski definition) is 4. The number of amides is 1. The third-order valence-corrected chi connectivity index (χ3v) is 3.92. The van der Waals surface area contributed by atoms with Crippen LogP contribution in [0.3, 0.4) is 0 Å². The highest BCUT2D eigenvalue weighted by atomic mass is 16.1. The summed E-state index contributed by atoms with van der Waals surface area (Å²) in [6.45, 7) is 5.95. The standard InChI is InChI=1S/C15H24N4O/c1-12(20)18-10-13-4-7-19(8-5-13)11-14-3-2-6-17-15(14)9-16/h2-3,6,13H,4-5,7-11,16H2,1H3,(H,18,20). The number of aromatic nitrogens is 1. The third-order valence-electron chi connectivity index (χ3n) is 3.92. The van der Waals surface area contributed by atoms with Gasteiger partial charge in [-0.2, -0.15) is 0 Å². The van der Waals surface area contributed by atoms with Gasteiger partial charge in [0.2, 0.25) is 5.91 Å². The summed E-state index contributed by atoms with van der Waals surface area (Å²) < 4.78 is 0. The summed E-state index contributed by atoms with van der Waals surface area (Å²) in [6, 6.07) is 4.08. The highest BCUT2D eigenvalue weighted by molar-refractivity contribution is 5.72. The lowest BCUT2D eigenvalue weighted by Gasteiger charge is -2.32. The zero-order valence-electron chi connectivity index (χ0n) is 12.1. The van der Waals surface area contributed by atoms with Gasteiger partial charge in [0.05, 0.1) is 5.69 Å². The van der Waals surface area contributed by atoms with Crippen LogP contribution in [0.25, 0.3) is 0 Å². The van der Waals surface area contributed by atoms with E-state index in [1.807, 2.05) is 6.07 Å². The first-order valence-corrected chi connectivity index (χ1v) is 7.28. The summed E-state index contributed by atoms with van der Waals surface area (Å²) >= 11 is 0. The number of nitrogens with zero attached hydrogens (tertiary/aromatic N) is 2. The lowest BCUT2D eigenvalue weighted by atomic mass is 9.96. The number of pyridine rings is 1. The second kappa shape index (κ2) is 7.36. The van der Waals surface area contributed by atoms with Crippen molar-refractivity contribution >= 4 is 5.91 Å². The molecule has 1 aliphatic rings. The molecule has 5 nitrogen and oxygen atoms in total. The fourth-order valence-electron chi connectivity index (χ4n) is 2.68. The smallest absolute Gasteiger partial charge is 0.216 e. The Hall–Kier alpha value is -1.46. The van der Waals surface area contributed by atoms with Gasteiger partial charge in [0.1, 0.15) is 0 Å². The molecule has 20 heavy (non-hydrogen) atoms. The Morgan fingerprint density at radius 1 is 1.50 bits per heavy atom. The minimum Gasteiger partial charge on any atom is -0.356 e. The highest BCUT2D eigenvalue weighted by Crippen LogP contribution is 2.19. The molecular formula is C15H24N4O. The van der Waals surface area contributed by atoms with Crippen LogP contribution in [0.5, 0.6) is 0 Å². The zero-order chi connectivity index (χ0) is 14.4. The molecule has 0 unspecified atom stereocenters. The molecule has 0 atom stereocenters. The van der Waals surface area contributed by atoms with Crippen molar-refractivity contribution in [3.05, 3.63) is 29.6 Å². The van der Waals surface area contributed by atoms with Crippen LogP contribution in [0.1, 0.15) is 31.0 Å². The number of nitrogens with two attached hydrogens (primary N) is 1. The van der Waals surface area contributed by atoms with Crippen molar-refractivity contribution in [2.24, 2.45) is 11.7 Å². The van der Waals surface area contributed by atoms with Crippen LogP contribution < -0.4 is 11.1 Å². The predicted octanol–water partition coefficient (Wildman–Crippen LogP) is 0.888. The van der Waals surface area contributed by atoms with Crippen molar-refractivity contribution in [3.8, 4) is 0 Å². The van der Waals surface area contributed by atoms with E-state index < -0.39 is 0 Å². The third kappa shape index (κ3) is 4.28. The van der Waals surface area contributed by atoms with E-state index in [0.717, 1.165) is 44.7 Å². The van der Waals surface area contributed by atoms with Crippen LogP contribution in [0.4, 0.5) is 0 Å². The van der Waals surface area contributed by atoms with Crippen LogP contribution in [0, 0.1) is 5.92 Å². The first-order chi connectivity index (χ1) is 9.69. The molecule has 3 N–H and O–H groups in total. The molecule has 2 heterocycles. The lowest BCUT2D eigenvalue weighted by molar-refractivity contribution is -0.119. The van der Waals surface area contributed by atoms with E-state index in [1.165, 1.54) is 5.56 Å². The van der Waals surface area contributed by atoms with Gasteiger partial charge in [-0.15, -0.1) is 0 Å². The monoisotopic (exact) mass is 276 g/mol. The van der Waals surface area contributed by atoms with Crippen LogP contribution in [-0.4, -0.2) is 35.4 Å². The maximum absolute atomic E-state index is 10.9. The minimum absolute atomic E-state index is 0.0652. The predicted molar refractivity (Wildman–Crippen MR) is 78.8 cm³/mol. The van der Waals surface area contributed by atoms with Crippen molar-refractivity contribution in [1.29, 1.82) is 0 Å². The Morgan fingerprint density at radius 3 is 2.90 bits per heavy atom. The van der Waals surface area contributed by atoms with Crippen LogP contribution in [0.2, 0.25) is 0 Å². The summed E-state index contributed by atoms with van der Waals surface area (Å²) in [5.41, 5.74) is 7.95. The normalized spacial score (nSPS) is 17.1. The molecule has 2 rings (SSSR count). The van der Waals surface area contributed by atoms with E-state index in [2.05, 4.69) is 21.3 Å². The first-order valence-electron chi connectivity index (χ1n) is 7.28. The number of carbonyl (C=O) groups is 1. The second-order valence-corrected chi connectivity index (χ2v) is 5.47. The van der Waals surface area contributed by atoms with Crippen molar-refractivity contribution in [1.82, 2.24) is 15.2 Å². The molecule has 1 aromatic rings. The number of piperidine rings is 1. The molecule has 1 saturated heterocycles. The fraction of sp³-hybridized carbons (Fsp3) is 0.600.